The van der Waals surface area contributed by atoms with Crippen molar-refractivity contribution in [3.05, 3.63) is 58.4 Å². The number of anilines is 2. The Balaban J connectivity index is 0.871. The molecule has 1 aromatic carbocycles. The van der Waals surface area contributed by atoms with Gasteiger partial charge in [0.15, 0.2) is 0 Å². The Morgan fingerprint density at radius 1 is 1.12 bits per heavy atom. The predicted octanol–water partition coefficient (Wildman–Crippen LogP) is 5.71. The van der Waals surface area contributed by atoms with Crippen molar-refractivity contribution in [3.8, 4) is 5.75 Å². The molecule has 1 unspecified atom stereocenters. The molecule has 2 atom stereocenters. The van der Waals surface area contributed by atoms with Gasteiger partial charge in [0.25, 0.3) is 0 Å². The van der Waals surface area contributed by atoms with Gasteiger partial charge in [0.1, 0.15) is 11.6 Å². The zero-order valence-corrected chi connectivity index (χ0v) is 24.0. The van der Waals surface area contributed by atoms with Gasteiger partial charge in [-0.25, -0.2) is 14.4 Å². The number of nitrogens with zero attached hydrogens (tertiary/aromatic N) is 5. The molecule has 10 heteroatoms. The number of fused-ring (bicyclic) bond motifs is 1. The number of carbonyl (C=O) groups is 1. The number of aromatic amines is 1. The fourth-order valence-electron chi connectivity index (χ4n) is 6.80. The average molecular weight is 579 g/mol. The second-order valence-electron chi connectivity index (χ2n) is 12.1. The van der Waals surface area contributed by atoms with Crippen LogP contribution in [0, 0.1) is 23.6 Å². The van der Waals surface area contributed by atoms with Crippen LogP contribution in [0.2, 0.25) is 5.02 Å². The molecule has 1 amide bonds. The molecular weight excluding hydrogens is 543 g/mol. The molecular formula is C31H36ClFN6O2. The van der Waals surface area contributed by atoms with E-state index in [2.05, 4.69) is 25.1 Å². The Morgan fingerprint density at radius 3 is 2.68 bits per heavy atom. The van der Waals surface area contributed by atoms with Crippen LogP contribution in [0.1, 0.15) is 67.8 Å². The summed E-state index contributed by atoms with van der Waals surface area (Å²) in [4.78, 5) is 26.0. The molecule has 0 radical (unpaired) electrons. The molecule has 216 valence electrons. The van der Waals surface area contributed by atoms with Crippen molar-refractivity contribution in [2.45, 2.75) is 63.7 Å². The lowest BCUT2D eigenvalue weighted by Crippen LogP contribution is -2.37. The molecule has 0 spiro atoms. The number of amides is 1. The van der Waals surface area contributed by atoms with Gasteiger partial charge in [0.05, 0.1) is 47.5 Å². The number of nitrogens with one attached hydrogen (secondary N) is 1. The zero-order chi connectivity index (χ0) is 27.9. The molecule has 2 aliphatic carbocycles. The molecule has 41 heavy (non-hydrogen) atoms. The second kappa shape index (κ2) is 11.2. The minimum absolute atomic E-state index is 0.0353. The highest BCUT2D eigenvalue weighted by Gasteiger charge is 2.43. The average Bonchev–Trinajstić information content (AvgIpc) is 3.93. The van der Waals surface area contributed by atoms with E-state index in [1.54, 1.807) is 24.5 Å². The van der Waals surface area contributed by atoms with Gasteiger partial charge in [-0.05, 0) is 80.8 Å². The summed E-state index contributed by atoms with van der Waals surface area (Å²) in [6, 6.07) is 4.92. The highest BCUT2D eigenvalue weighted by molar-refractivity contribution is 6.30. The summed E-state index contributed by atoms with van der Waals surface area (Å²) in [5, 5.41) is 8.19. The SMILES string of the molecule is O=C(Cc1ccc(OCC[C@@H]2CC2C2CCN(c3ncc(Cl)cn3)CC2)cc1F)N1CCCc2[nH]nc(C3CC3)c21. The van der Waals surface area contributed by atoms with E-state index in [9.17, 15) is 4.79 Å². The van der Waals surface area contributed by atoms with Crippen molar-refractivity contribution in [1.29, 1.82) is 0 Å². The summed E-state index contributed by atoms with van der Waals surface area (Å²) in [6.07, 6.45) is 11.9. The molecule has 2 aliphatic heterocycles. The maximum Gasteiger partial charge on any atom is 0.231 e. The van der Waals surface area contributed by atoms with Gasteiger partial charge < -0.3 is 14.5 Å². The molecule has 2 saturated carbocycles. The minimum atomic E-state index is -0.386. The van der Waals surface area contributed by atoms with E-state index in [0.29, 0.717) is 41.3 Å². The first kappa shape index (κ1) is 26.7. The molecule has 1 saturated heterocycles. The lowest BCUT2D eigenvalue weighted by Gasteiger charge is -2.32. The van der Waals surface area contributed by atoms with Crippen molar-refractivity contribution in [3.63, 3.8) is 0 Å². The van der Waals surface area contributed by atoms with E-state index in [4.69, 9.17) is 16.3 Å². The summed E-state index contributed by atoms with van der Waals surface area (Å²) in [6.45, 7) is 3.19. The number of H-pyrrole nitrogens is 1. The van der Waals surface area contributed by atoms with Crippen LogP contribution < -0.4 is 14.5 Å². The number of ether oxygens (including phenoxy) is 1. The van der Waals surface area contributed by atoms with Gasteiger partial charge in [0.2, 0.25) is 11.9 Å². The van der Waals surface area contributed by atoms with Crippen LogP contribution in [0.3, 0.4) is 0 Å². The monoisotopic (exact) mass is 578 g/mol. The summed E-state index contributed by atoms with van der Waals surface area (Å²) in [5.41, 5.74) is 3.40. The first-order chi connectivity index (χ1) is 20.0. The third-order valence-electron chi connectivity index (χ3n) is 9.32. The van der Waals surface area contributed by atoms with Gasteiger partial charge in [-0.1, -0.05) is 17.7 Å². The maximum atomic E-state index is 15.0. The number of aromatic nitrogens is 4. The zero-order valence-electron chi connectivity index (χ0n) is 23.2. The number of halogens is 2. The van der Waals surface area contributed by atoms with Crippen molar-refractivity contribution in [1.82, 2.24) is 20.2 Å². The van der Waals surface area contributed by atoms with E-state index in [-0.39, 0.29) is 18.1 Å². The molecule has 8 nitrogen and oxygen atoms in total. The van der Waals surface area contributed by atoms with Crippen LogP contribution >= 0.6 is 11.6 Å². The smallest absolute Gasteiger partial charge is 0.231 e. The minimum Gasteiger partial charge on any atom is -0.493 e. The van der Waals surface area contributed by atoms with E-state index in [1.807, 2.05) is 4.90 Å². The van der Waals surface area contributed by atoms with Gasteiger partial charge >= 0.3 is 0 Å². The second-order valence-corrected chi connectivity index (χ2v) is 12.5. The molecule has 7 rings (SSSR count). The Hall–Kier alpha value is -3.20. The number of hydrogen-bond donors (Lipinski definition) is 1. The summed E-state index contributed by atoms with van der Waals surface area (Å²) < 4.78 is 21.0. The first-order valence-corrected chi connectivity index (χ1v) is 15.4. The molecule has 1 N–H and O–H groups in total. The van der Waals surface area contributed by atoms with Gasteiger partial charge in [-0.3, -0.25) is 9.89 Å². The Kier molecular flexibility index (Phi) is 7.31. The van der Waals surface area contributed by atoms with Crippen LogP contribution in [-0.2, 0) is 17.6 Å². The van der Waals surface area contributed by atoms with Gasteiger partial charge in [-0.2, -0.15) is 5.10 Å². The molecule has 0 bridgehead atoms. The fraction of sp³-hybridized carbons (Fsp3) is 0.548. The number of rotatable bonds is 9. The van der Waals surface area contributed by atoms with Crippen molar-refractivity contribution in [2.75, 3.05) is 36.0 Å². The molecule has 2 aromatic heterocycles. The summed E-state index contributed by atoms with van der Waals surface area (Å²) in [5.74, 6) is 3.44. The predicted molar refractivity (Wildman–Crippen MR) is 155 cm³/mol. The standard InChI is InChI=1S/C31H36ClFN6O2/c32-23-17-34-31(35-18-23)38-11-7-19(8-12-38)25-14-21(25)9-13-41-24-6-5-22(26(33)16-24)15-28(40)39-10-1-2-27-30(39)29(37-36-27)20-3-4-20/h5-6,16-21,25H,1-4,7-15H2,(H,36,37)/t21-,25?/m1/s1. The van der Waals surface area contributed by atoms with E-state index >= 15 is 4.39 Å². The lowest BCUT2D eigenvalue weighted by molar-refractivity contribution is -0.118. The Labute approximate surface area is 244 Å². The molecule has 4 aliphatic rings. The third kappa shape index (κ3) is 5.78. The van der Waals surface area contributed by atoms with Crippen molar-refractivity contribution >= 4 is 29.1 Å². The van der Waals surface area contributed by atoms with Crippen molar-refractivity contribution in [2.24, 2.45) is 17.8 Å². The fourth-order valence-corrected chi connectivity index (χ4v) is 6.90. The first-order valence-electron chi connectivity index (χ1n) is 15.0. The van der Waals surface area contributed by atoms with Crippen molar-refractivity contribution < 1.29 is 13.9 Å². The van der Waals surface area contributed by atoms with Gasteiger partial charge in [0, 0.05) is 31.6 Å². The maximum absolute atomic E-state index is 15.0. The highest BCUT2D eigenvalue weighted by Crippen LogP contribution is 2.50. The lowest BCUT2D eigenvalue weighted by atomic mass is 9.90. The Bertz CT molecular complexity index is 1400. The Morgan fingerprint density at radius 2 is 1.93 bits per heavy atom. The number of piperidine rings is 1. The number of benzene rings is 1. The van der Waals surface area contributed by atoms with Gasteiger partial charge in [-0.15, -0.1) is 0 Å². The van der Waals surface area contributed by atoms with Crippen LogP contribution in [0.25, 0.3) is 0 Å². The summed E-state index contributed by atoms with van der Waals surface area (Å²) >= 11 is 5.92. The normalized spacial score (nSPS) is 22.5. The third-order valence-corrected chi connectivity index (χ3v) is 9.51. The largest absolute Gasteiger partial charge is 0.493 e. The quantitative estimate of drug-likeness (QED) is 0.350. The summed E-state index contributed by atoms with van der Waals surface area (Å²) in [7, 11) is 0. The van der Waals surface area contributed by atoms with Crippen LogP contribution in [0.15, 0.2) is 30.6 Å². The molecule has 3 aromatic rings. The van der Waals surface area contributed by atoms with E-state index in [0.717, 1.165) is 92.9 Å². The van der Waals surface area contributed by atoms with Crippen LogP contribution in [-0.4, -0.2) is 52.3 Å². The number of carbonyl (C=O) groups excluding carboxylic acids is 1. The van der Waals surface area contributed by atoms with Crippen LogP contribution in [0.4, 0.5) is 16.0 Å². The molecule has 4 heterocycles. The van der Waals surface area contributed by atoms with E-state index < -0.39 is 0 Å². The number of aryl methyl sites for hydroxylation is 1. The molecule has 3 fully saturated rings. The van der Waals surface area contributed by atoms with E-state index in [1.165, 1.54) is 12.5 Å². The topological polar surface area (TPSA) is 87.2 Å². The number of hydrogen-bond acceptors (Lipinski definition) is 6. The highest BCUT2D eigenvalue weighted by atomic mass is 35.5. The van der Waals surface area contributed by atoms with Crippen LogP contribution in [0.5, 0.6) is 5.75 Å².